The molecule has 0 aliphatic heterocycles. The normalized spacial score (nSPS) is 11.0. The molecule has 0 spiro atoms. The highest BCUT2D eigenvalue weighted by Gasteiger charge is 2.09. The second-order valence-corrected chi connectivity index (χ2v) is 4.03. The van der Waals surface area contributed by atoms with Crippen LogP contribution in [0.1, 0.15) is 33.4 Å². The highest BCUT2D eigenvalue weighted by molar-refractivity contribution is 5.76. The van der Waals surface area contributed by atoms with Crippen molar-refractivity contribution < 1.29 is 4.79 Å². The maximum absolute atomic E-state index is 10.4. The average molecular weight is 202 g/mol. The van der Waals surface area contributed by atoms with Crippen molar-refractivity contribution in [2.45, 2.75) is 34.6 Å². The largest absolute Gasteiger partial charge is 0.299 e. The second kappa shape index (κ2) is 4.43. The third kappa shape index (κ3) is 2.01. The van der Waals surface area contributed by atoms with E-state index in [1.165, 1.54) is 33.4 Å². The fourth-order valence-electron chi connectivity index (χ4n) is 1.91. The van der Waals surface area contributed by atoms with Crippen LogP contribution in [-0.2, 0) is 4.79 Å². The van der Waals surface area contributed by atoms with Crippen molar-refractivity contribution >= 4 is 12.4 Å². The Hall–Kier alpha value is -1.37. The van der Waals surface area contributed by atoms with Crippen molar-refractivity contribution in [3.8, 4) is 0 Å². The molecule has 80 valence electrons. The molecule has 1 rings (SSSR count). The first kappa shape index (κ1) is 11.7. The van der Waals surface area contributed by atoms with Gasteiger partial charge in [-0.25, -0.2) is 0 Å². The summed E-state index contributed by atoms with van der Waals surface area (Å²) in [7, 11) is 0. The topological polar surface area (TPSA) is 17.1 Å². The summed E-state index contributed by atoms with van der Waals surface area (Å²) in [5.74, 6) is 0. The quantitative estimate of drug-likeness (QED) is 0.530. The molecule has 0 amide bonds. The molecule has 15 heavy (non-hydrogen) atoms. The third-order valence-electron chi connectivity index (χ3n) is 3.40. The lowest BCUT2D eigenvalue weighted by atomic mass is 9.89. The third-order valence-corrected chi connectivity index (χ3v) is 3.40. The Kier molecular flexibility index (Phi) is 3.46. The van der Waals surface area contributed by atoms with Crippen LogP contribution in [0.25, 0.3) is 6.08 Å². The predicted octanol–water partition coefficient (Wildman–Crippen LogP) is 3.44. The molecule has 0 atom stereocenters. The monoisotopic (exact) mass is 202 g/mol. The molecule has 1 aromatic rings. The van der Waals surface area contributed by atoms with Crippen molar-refractivity contribution in [1.29, 1.82) is 0 Å². The summed E-state index contributed by atoms with van der Waals surface area (Å²) in [4.78, 5) is 10.4. The molecule has 0 saturated heterocycles. The number of aldehydes is 1. The Labute approximate surface area is 91.8 Å². The minimum absolute atomic E-state index is 0.823. The molecule has 0 N–H and O–H groups in total. The Morgan fingerprint density at radius 2 is 1.13 bits per heavy atom. The van der Waals surface area contributed by atoms with E-state index in [9.17, 15) is 4.79 Å². The number of allylic oxidation sites excluding steroid dienone is 1. The minimum Gasteiger partial charge on any atom is -0.299 e. The summed E-state index contributed by atoms with van der Waals surface area (Å²) >= 11 is 0. The molecular weight excluding hydrogens is 184 g/mol. The summed E-state index contributed by atoms with van der Waals surface area (Å²) in [6.07, 6.45) is 4.28. The lowest BCUT2D eigenvalue weighted by Gasteiger charge is -2.16. The van der Waals surface area contributed by atoms with Crippen LogP contribution in [-0.4, -0.2) is 6.29 Å². The van der Waals surface area contributed by atoms with Gasteiger partial charge in [0.1, 0.15) is 6.29 Å². The fraction of sp³-hybridized carbons (Fsp3) is 0.357. The Morgan fingerprint density at radius 3 is 1.53 bits per heavy atom. The number of hydrogen-bond acceptors (Lipinski definition) is 1. The van der Waals surface area contributed by atoms with Crippen molar-refractivity contribution in [2.24, 2.45) is 0 Å². The van der Waals surface area contributed by atoms with Gasteiger partial charge in [-0.15, -0.1) is 0 Å². The van der Waals surface area contributed by atoms with Gasteiger partial charge in [0.2, 0.25) is 0 Å². The van der Waals surface area contributed by atoms with Crippen LogP contribution in [0.3, 0.4) is 0 Å². The first-order valence-corrected chi connectivity index (χ1v) is 5.19. The van der Waals surface area contributed by atoms with Crippen LogP contribution >= 0.6 is 0 Å². The van der Waals surface area contributed by atoms with E-state index < -0.39 is 0 Å². The van der Waals surface area contributed by atoms with Gasteiger partial charge in [-0.2, -0.15) is 0 Å². The summed E-state index contributed by atoms with van der Waals surface area (Å²) in [6, 6.07) is 0. The van der Waals surface area contributed by atoms with Crippen molar-refractivity contribution in [2.75, 3.05) is 0 Å². The Bertz CT molecular complexity index is 396. The van der Waals surface area contributed by atoms with E-state index in [1.807, 2.05) is 6.08 Å². The number of rotatable bonds is 2. The summed E-state index contributed by atoms with van der Waals surface area (Å²) < 4.78 is 0. The highest BCUT2D eigenvalue weighted by Crippen LogP contribution is 2.26. The molecular formula is C14H18O. The molecule has 0 radical (unpaired) electrons. The first-order chi connectivity index (χ1) is 7.00. The standard InChI is InChI=1S/C14H18O/c1-9-10(2)12(4)14(7-6-8-15)13(5)11(9)3/h6-8H,1-5H3. The SMILES string of the molecule is Cc1c(C)c(C)c(C=CC=O)c(C)c1C. The smallest absolute Gasteiger partial charge is 0.142 e. The van der Waals surface area contributed by atoms with Crippen LogP contribution in [0, 0.1) is 34.6 Å². The van der Waals surface area contributed by atoms with E-state index in [0.717, 1.165) is 6.29 Å². The predicted molar refractivity (Wildman–Crippen MR) is 65.2 cm³/mol. The molecule has 0 bridgehead atoms. The fourth-order valence-corrected chi connectivity index (χ4v) is 1.91. The van der Waals surface area contributed by atoms with E-state index >= 15 is 0 Å². The maximum atomic E-state index is 10.4. The molecule has 0 aliphatic rings. The van der Waals surface area contributed by atoms with Crippen LogP contribution in [0.15, 0.2) is 6.08 Å². The van der Waals surface area contributed by atoms with Gasteiger partial charge < -0.3 is 0 Å². The van der Waals surface area contributed by atoms with Crippen molar-refractivity contribution in [3.05, 3.63) is 39.5 Å². The summed E-state index contributed by atoms with van der Waals surface area (Å²) in [6.45, 7) is 10.6. The molecule has 1 nitrogen and oxygen atoms in total. The van der Waals surface area contributed by atoms with Gasteiger partial charge in [-0.3, -0.25) is 4.79 Å². The lowest BCUT2D eigenvalue weighted by Crippen LogP contribution is -1.99. The van der Waals surface area contributed by atoms with Gasteiger partial charge in [-0.1, -0.05) is 6.08 Å². The van der Waals surface area contributed by atoms with Crippen LogP contribution in [0.2, 0.25) is 0 Å². The number of hydrogen-bond donors (Lipinski definition) is 0. The summed E-state index contributed by atoms with van der Waals surface area (Å²) in [5, 5.41) is 0. The molecule has 0 aliphatic carbocycles. The van der Waals surface area contributed by atoms with Gasteiger partial charge in [0, 0.05) is 0 Å². The van der Waals surface area contributed by atoms with Crippen LogP contribution in [0.5, 0.6) is 0 Å². The zero-order valence-electron chi connectivity index (χ0n) is 10.1. The molecule has 1 aromatic carbocycles. The summed E-state index contributed by atoms with van der Waals surface area (Å²) in [5.41, 5.74) is 7.73. The molecule has 0 saturated carbocycles. The van der Waals surface area contributed by atoms with Gasteiger partial charge in [0.15, 0.2) is 0 Å². The molecule has 0 unspecified atom stereocenters. The zero-order valence-corrected chi connectivity index (χ0v) is 10.1. The zero-order chi connectivity index (χ0) is 11.6. The second-order valence-electron chi connectivity index (χ2n) is 4.03. The van der Waals surface area contributed by atoms with Crippen LogP contribution < -0.4 is 0 Å². The van der Waals surface area contributed by atoms with E-state index in [4.69, 9.17) is 0 Å². The van der Waals surface area contributed by atoms with E-state index in [-0.39, 0.29) is 0 Å². The van der Waals surface area contributed by atoms with E-state index in [2.05, 4.69) is 34.6 Å². The maximum Gasteiger partial charge on any atom is 0.142 e. The van der Waals surface area contributed by atoms with Gasteiger partial charge >= 0.3 is 0 Å². The minimum atomic E-state index is 0.823. The van der Waals surface area contributed by atoms with Crippen LogP contribution in [0.4, 0.5) is 0 Å². The van der Waals surface area contributed by atoms with Crippen molar-refractivity contribution in [1.82, 2.24) is 0 Å². The lowest BCUT2D eigenvalue weighted by molar-refractivity contribution is -0.104. The van der Waals surface area contributed by atoms with E-state index in [1.54, 1.807) is 6.08 Å². The number of carbonyl (C=O) groups is 1. The average Bonchev–Trinajstić information content (AvgIpc) is 2.24. The number of benzene rings is 1. The van der Waals surface area contributed by atoms with Gasteiger partial charge in [0.05, 0.1) is 0 Å². The van der Waals surface area contributed by atoms with Gasteiger partial charge in [-0.05, 0) is 74.1 Å². The molecule has 0 fully saturated rings. The van der Waals surface area contributed by atoms with E-state index in [0.29, 0.717) is 0 Å². The van der Waals surface area contributed by atoms with Crippen molar-refractivity contribution in [3.63, 3.8) is 0 Å². The molecule has 0 aromatic heterocycles. The first-order valence-electron chi connectivity index (χ1n) is 5.19. The molecule has 1 heteroatoms. The highest BCUT2D eigenvalue weighted by atomic mass is 16.1. The Balaban J connectivity index is 3.52. The molecule has 0 heterocycles. The Morgan fingerprint density at radius 1 is 0.733 bits per heavy atom. The number of carbonyl (C=O) groups excluding carboxylic acids is 1. The van der Waals surface area contributed by atoms with Gasteiger partial charge in [0.25, 0.3) is 0 Å².